The van der Waals surface area contributed by atoms with Crippen molar-refractivity contribution in [1.29, 1.82) is 5.26 Å². The molecule has 0 aliphatic carbocycles. The highest BCUT2D eigenvalue weighted by atomic mass is 32.1. The van der Waals surface area contributed by atoms with E-state index >= 15 is 8.78 Å². The summed E-state index contributed by atoms with van der Waals surface area (Å²) < 4.78 is 38.4. The van der Waals surface area contributed by atoms with Crippen LogP contribution in [0, 0.1) is 23.0 Å². The molecule has 3 amide bonds. The van der Waals surface area contributed by atoms with Crippen LogP contribution in [0.1, 0.15) is 43.1 Å². The molecule has 2 aromatic heterocycles. The normalized spacial score (nSPS) is 16.9. The van der Waals surface area contributed by atoms with Crippen LogP contribution in [0.4, 0.5) is 23.4 Å². The molecule has 0 saturated carbocycles. The number of rotatable bonds is 2. The van der Waals surface area contributed by atoms with Gasteiger partial charge in [-0.3, -0.25) is 10.1 Å². The minimum atomic E-state index is -1.06. The molecule has 0 bridgehead atoms. The first kappa shape index (κ1) is 28.4. The lowest BCUT2D eigenvalue weighted by molar-refractivity contribution is 0.0420. The number of nitrogens with one attached hydrogen (secondary N) is 1. The molecule has 4 aromatic rings. The largest absolute Gasteiger partial charge is 0.465 e. The van der Waals surface area contributed by atoms with E-state index in [9.17, 15) is 24.8 Å². The number of carbonyl (C=O) groups excluding carboxylic acids is 2. The van der Waals surface area contributed by atoms with Crippen LogP contribution in [0.3, 0.4) is 0 Å². The fraction of sp³-hybridized carbons (Fsp3) is 0.345. The lowest BCUT2D eigenvalue weighted by Crippen LogP contribution is -2.57. The van der Waals surface area contributed by atoms with E-state index in [0.717, 1.165) is 23.5 Å². The molecule has 4 heterocycles. The molecule has 14 heteroatoms. The first-order valence-corrected chi connectivity index (χ1v) is 14.3. The van der Waals surface area contributed by atoms with E-state index in [-0.39, 0.29) is 68.5 Å². The van der Waals surface area contributed by atoms with Crippen molar-refractivity contribution in [2.75, 3.05) is 25.0 Å². The van der Waals surface area contributed by atoms with Gasteiger partial charge in [-0.1, -0.05) is 6.07 Å². The Morgan fingerprint density at radius 1 is 1.19 bits per heavy atom. The maximum atomic E-state index is 16.2. The predicted molar refractivity (Wildman–Crippen MR) is 154 cm³/mol. The van der Waals surface area contributed by atoms with Crippen LogP contribution in [0.25, 0.3) is 32.2 Å². The topological polar surface area (TPSA) is 141 Å². The van der Waals surface area contributed by atoms with Gasteiger partial charge in [-0.15, -0.1) is 11.3 Å². The Labute approximate surface area is 247 Å². The van der Waals surface area contributed by atoms with Gasteiger partial charge in [-0.2, -0.15) is 5.26 Å². The summed E-state index contributed by atoms with van der Waals surface area (Å²) in [4.78, 5) is 45.1. The van der Waals surface area contributed by atoms with Crippen molar-refractivity contribution >= 4 is 55.6 Å². The molecule has 2 N–H and O–H groups in total. The van der Waals surface area contributed by atoms with Gasteiger partial charge in [0.2, 0.25) is 0 Å². The van der Waals surface area contributed by atoms with Crippen LogP contribution in [0.5, 0.6) is 0 Å². The SMILES string of the molecule is CC(C)(C)OC(=O)Nc1sc2c(F)ccc(-c3c(F)cc4c5c3ncn5CC[C@H]3CN(C(=O)O)CCN3C4=O)c2c1C#N. The number of nitriles is 1. The van der Waals surface area contributed by atoms with E-state index < -0.39 is 35.3 Å². The quantitative estimate of drug-likeness (QED) is 0.301. The smallest absolute Gasteiger partial charge is 0.412 e. The van der Waals surface area contributed by atoms with Gasteiger partial charge in [0.1, 0.15) is 33.8 Å². The number of hydrogen-bond donors (Lipinski definition) is 2. The standard InChI is InChI=1S/C29H26F2N6O5S/c1-29(2,3)42-27(39)34-25-17(11-32)20-15(4-5-18(30)24(20)43-25)21-19(31)10-16-23-22(21)33-13-36(23)7-6-14-12-35(28(40)41)8-9-37(14)26(16)38/h4-5,10,13-14H,6-9,12H2,1-3H3,(H,34,39)(H,40,41)/t14-/m0/s1. The van der Waals surface area contributed by atoms with E-state index in [1.807, 2.05) is 6.07 Å². The van der Waals surface area contributed by atoms with Gasteiger partial charge >= 0.3 is 12.2 Å². The zero-order valence-electron chi connectivity index (χ0n) is 23.4. The second-order valence-corrected chi connectivity index (χ2v) is 12.5. The van der Waals surface area contributed by atoms with Gasteiger partial charge in [0.25, 0.3) is 5.91 Å². The molecule has 0 unspecified atom stereocenters. The van der Waals surface area contributed by atoms with E-state index in [0.29, 0.717) is 18.5 Å². The highest BCUT2D eigenvalue weighted by molar-refractivity contribution is 7.23. The average Bonchev–Trinajstić information content (AvgIpc) is 3.51. The van der Waals surface area contributed by atoms with Gasteiger partial charge < -0.3 is 24.2 Å². The molecule has 11 nitrogen and oxygen atoms in total. The summed E-state index contributed by atoms with van der Waals surface area (Å²) in [6.07, 6.45) is 0.0593. The number of anilines is 1. The number of fused-ring (bicyclic) bond motifs is 2. The van der Waals surface area contributed by atoms with Crippen LogP contribution in [0.15, 0.2) is 24.5 Å². The summed E-state index contributed by atoms with van der Waals surface area (Å²) in [5.41, 5.74) is -0.0799. The van der Waals surface area contributed by atoms with Crippen molar-refractivity contribution in [3.8, 4) is 17.2 Å². The molecule has 1 fully saturated rings. The molecule has 1 atom stereocenters. The van der Waals surface area contributed by atoms with Gasteiger partial charge in [-0.25, -0.2) is 23.4 Å². The lowest BCUT2D eigenvalue weighted by Gasteiger charge is -2.41. The third kappa shape index (κ3) is 4.79. The van der Waals surface area contributed by atoms with Crippen LogP contribution >= 0.6 is 11.3 Å². The third-order valence-electron chi connectivity index (χ3n) is 7.57. The van der Waals surface area contributed by atoms with Crippen molar-refractivity contribution in [2.24, 2.45) is 0 Å². The summed E-state index contributed by atoms with van der Waals surface area (Å²) in [5.74, 6) is -1.90. The average molecular weight is 609 g/mol. The number of carbonyl (C=O) groups is 3. The van der Waals surface area contributed by atoms with Gasteiger partial charge in [-0.05, 0) is 44.9 Å². The zero-order valence-corrected chi connectivity index (χ0v) is 24.2. The second-order valence-electron chi connectivity index (χ2n) is 11.4. The first-order valence-electron chi connectivity index (χ1n) is 13.5. The van der Waals surface area contributed by atoms with Crippen molar-refractivity contribution in [1.82, 2.24) is 19.4 Å². The number of hydrogen-bond acceptors (Lipinski definition) is 7. The number of carboxylic acid groups (broad SMARTS) is 1. The van der Waals surface area contributed by atoms with Gasteiger partial charge in [0.05, 0.1) is 33.7 Å². The molecular formula is C29H26F2N6O5S. The molecule has 222 valence electrons. The number of aromatic nitrogens is 2. The van der Waals surface area contributed by atoms with Crippen molar-refractivity contribution in [3.05, 3.63) is 47.3 Å². The number of aryl methyl sites for hydroxylation is 1. The molecule has 0 radical (unpaired) electrons. The minimum Gasteiger partial charge on any atom is -0.465 e. The highest BCUT2D eigenvalue weighted by Gasteiger charge is 2.37. The number of thiophene rings is 1. The van der Waals surface area contributed by atoms with Crippen molar-refractivity contribution in [3.63, 3.8) is 0 Å². The van der Waals surface area contributed by atoms with E-state index in [4.69, 9.17) is 4.74 Å². The van der Waals surface area contributed by atoms with Crippen LogP contribution in [-0.4, -0.2) is 73.8 Å². The fourth-order valence-electron chi connectivity index (χ4n) is 5.77. The fourth-order valence-corrected chi connectivity index (χ4v) is 6.84. The third-order valence-corrected chi connectivity index (χ3v) is 8.69. The summed E-state index contributed by atoms with van der Waals surface area (Å²) in [5, 5.41) is 22.2. The Bertz CT molecular complexity index is 1890. The number of ether oxygens (including phenoxy) is 1. The molecule has 6 rings (SSSR count). The lowest BCUT2D eigenvalue weighted by atomic mass is 9.94. The molecule has 43 heavy (non-hydrogen) atoms. The van der Waals surface area contributed by atoms with Crippen LogP contribution in [-0.2, 0) is 11.3 Å². The molecule has 2 aromatic carbocycles. The Morgan fingerprint density at radius 2 is 1.95 bits per heavy atom. The predicted octanol–water partition coefficient (Wildman–Crippen LogP) is 5.62. The Morgan fingerprint density at radius 3 is 2.65 bits per heavy atom. The summed E-state index contributed by atoms with van der Waals surface area (Å²) >= 11 is 0.831. The molecule has 1 saturated heterocycles. The van der Waals surface area contributed by atoms with Crippen molar-refractivity contribution in [2.45, 2.75) is 45.4 Å². The minimum absolute atomic E-state index is 0.0127. The summed E-state index contributed by atoms with van der Waals surface area (Å²) in [6, 6.07) is 5.26. The number of amides is 3. The number of benzene rings is 2. The summed E-state index contributed by atoms with van der Waals surface area (Å²) in [6.45, 7) is 5.88. The Kier molecular flexibility index (Phi) is 6.72. The van der Waals surface area contributed by atoms with Crippen LogP contribution in [0.2, 0.25) is 0 Å². The van der Waals surface area contributed by atoms with Crippen LogP contribution < -0.4 is 5.32 Å². The number of piperazine rings is 1. The number of nitrogens with zero attached hydrogens (tertiary/aromatic N) is 5. The highest BCUT2D eigenvalue weighted by Crippen LogP contribution is 2.45. The molecular weight excluding hydrogens is 582 g/mol. The summed E-state index contributed by atoms with van der Waals surface area (Å²) in [7, 11) is 0. The van der Waals surface area contributed by atoms with Gasteiger partial charge in [0, 0.05) is 37.1 Å². The van der Waals surface area contributed by atoms with Crippen molar-refractivity contribution < 1.29 is 33.0 Å². The Hall–Kier alpha value is -4.77. The van der Waals surface area contributed by atoms with E-state index in [1.165, 1.54) is 17.3 Å². The zero-order chi connectivity index (χ0) is 30.8. The number of halogens is 2. The van der Waals surface area contributed by atoms with E-state index in [1.54, 1.807) is 30.2 Å². The molecule has 0 spiro atoms. The van der Waals surface area contributed by atoms with E-state index in [2.05, 4.69) is 10.3 Å². The van der Waals surface area contributed by atoms with Gasteiger partial charge in [0.15, 0.2) is 0 Å². The molecule has 2 aliphatic rings. The maximum Gasteiger partial charge on any atom is 0.412 e. The molecule has 2 aliphatic heterocycles. The monoisotopic (exact) mass is 608 g/mol. The Balaban J connectivity index is 1.50. The number of imidazole rings is 1. The second kappa shape index (κ2) is 10.2. The first-order chi connectivity index (χ1) is 20.4. The maximum absolute atomic E-state index is 16.2.